The smallest absolute Gasteiger partial charge is 0.000471 e. The van der Waals surface area contributed by atoms with Crippen molar-refractivity contribution in [3.63, 3.8) is 0 Å². The van der Waals surface area contributed by atoms with E-state index in [4.69, 9.17) is 0 Å². The van der Waals surface area contributed by atoms with Crippen LogP contribution in [0.15, 0.2) is 0 Å². The van der Waals surface area contributed by atoms with E-state index in [2.05, 4.69) is 40.1 Å². The average Bonchev–Trinajstić information content (AvgIpc) is 2.05. The number of hydrogen-bond acceptors (Lipinski definition) is 1. The molecule has 0 amide bonds. The number of nitrogens with one attached hydrogen (secondary N) is 1. The zero-order valence-corrected chi connectivity index (χ0v) is 10.1. The first-order valence-corrected chi connectivity index (χ1v) is 5.75. The van der Waals surface area contributed by atoms with Crippen molar-refractivity contribution in [2.75, 3.05) is 13.6 Å². The highest BCUT2D eigenvalue weighted by molar-refractivity contribution is 4.81. The van der Waals surface area contributed by atoms with E-state index in [1.165, 1.54) is 25.7 Å². The van der Waals surface area contributed by atoms with Crippen LogP contribution < -0.4 is 5.32 Å². The molecule has 0 spiro atoms. The van der Waals surface area contributed by atoms with E-state index in [0.717, 1.165) is 12.5 Å². The van der Waals surface area contributed by atoms with E-state index in [1.54, 1.807) is 0 Å². The van der Waals surface area contributed by atoms with E-state index >= 15 is 0 Å². The van der Waals surface area contributed by atoms with Crippen molar-refractivity contribution in [2.24, 2.45) is 11.3 Å². The molecule has 0 heterocycles. The molecule has 0 aliphatic carbocycles. The highest BCUT2D eigenvalue weighted by Gasteiger charge is 2.28. The van der Waals surface area contributed by atoms with Gasteiger partial charge in [-0.15, -0.1) is 0 Å². The molecule has 80 valence electrons. The van der Waals surface area contributed by atoms with Crippen molar-refractivity contribution in [3.8, 4) is 0 Å². The van der Waals surface area contributed by atoms with Crippen LogP contribution in [0.4, 0.5) is 0 Å². The molecule has 2 unspecified atom stereocenters. The fraction of sp³-hybridized carbons (Fsp3) is 1.00. The summed E-state index contributed by atoms with van der Waals surface area (Å²) in [6, 6.07) is 0. The van der Waals surface area contributed by atoms with Crippen LogP contribution in [-0.2, 0) is 0 Å². The minimum Gasteiger partial charge on any atom is -0.319 e. The molecule has 0 aliphatic heterocycles. The van der Waals surface area contributed by atoms with Crippen molar-refractivity contribution in [3.05, 3.63) is 0 Å². The normalized spacial score (nSPS) is 18.2. The first-order valence-electron chi connectivity index (χ1n) is 5.75. The second-order valence-electron chi connectivity index (χ2n) is 4.62. The Morgan fingerprint density at radius 2 is 1.85 bits per heavy atom. The van der Waals surface area contributed by atoms with Crippen molar-refractivity contribution in [2.45, 2.75) is 53.4 Å². The van der Waals surface area contributed by atoms with Gasteiger partial charge in [-0.25, -0.2) is 0 Å². The predicted molar refractivity (Wildman–Crippen MR) is 61.0 cm³/mol. The van der Waals surface area contributed by atoms with Crippen LogP contribution in [0.25, 0.3) is 0 Å². The summed E-state index contributed by atoms with van der Waals surface area (Å²) in [5.74, 6) is 0.838. The molecule has 13 heavy (non-hydrogen) atoms. The Bertz CT molecular complexity index is 114. The van der Waals surface area contributed by atoms with E-state index in [-0.39, 0.29) is 0 Å². The van der Waals surface area contributed by atoms with Gasteiger partial charge >= 0.3 is 0 Å². The third-order valence-corrected chi connectivity index (χ3v) is 3.31. The molecule has 1 heteroatoms. The van der Waals surface area contributed by atoms with Crippen LogP contribution in [0.3, 0.4) is 0 Å². The van der Waals surface area contributed by atoms with Crippen LogP contribution in [0.5, 0.6) is 0 Å². The largest absolute Gasteiger partial charge is 0.319 e. The minimum atomic E-state index is 0.500. The Labute approximate surface area is 84.3 Å². The zero-order valence-electron chi connectivity index (χ0n) is 10.1. The standard InChI is InChI=1S/C12H27N/c1-6-8-11(3)12(4,9-7-2)10-13-5/h11,13H,6-10H2,1-5H3. The van der Waals surface area contributed by atoms with Gasteiger partial charge in [0.15, 0.2) is 0 Å². The van der Waals surface area contributed by atoms with Crippen molar-refractivity contribution < 1.29 is 0 Å². The fourth-order valence-corrected chi connectivity index (χ4v) is 2.27. The van der Waals surface area contributed by atoms with Gasteiger partial charge in [0.25, 0.3) is 0 Å². The molecule has 0 bridgehead atoms. The maximum Gasteiger partial charge on any atom is 0.000471 e. The minimum absolute atomic E-state index is 0.500. The lowest BCUT2D eigenvalue weighted by Crippen LogP contribution is -2.35. The maximum atomic E-state index is 3.33. The van der Waals surface area contributed by atoms with Crippen LogP contribution in [0.1, 0.15) is 53.4 Å². The van der Waals surface area contributed by atoms with Crippen LogP contribution in [-0.4, -0.2) is 13.6 Å². The van der Waals surface area contributed by atoms with Crippen molar-refractivity contribution in [1.82, 2.24) is 5.32 Å². The van der Waals surface area contributed by atoms with Gasteiger partial charge in [-0.05, 0) is 24.8 Å². The molecule has 0 aliphatic rings. The summed E-state index contributed by atoms with van der Waals surface area (Å²) in [5.41, 5.74) is 0.500. The molecule has 0 fully saturated rings. The molecule has 2 atom stereocenters. The van der Waals surface area contributed by atoms with Gasteiger partial charge in [-0.2, -0.15) is 0 Å². The van der Waals surface area contributed by atoms with Crippen LogP contribution in [0, 0.1) is 11.3 Å². The Morgan fingerprint density at radius 3 is 2.23 bits per heavy atom. The zero-order chi connectivity index (χ0) is 10.3. The highest BCUT2D eigenvalue weighted by Crippen LogP contribution is 2.34. The fourth-order valence-electron chi connectivity index (χ4n) is 2.27. The Hall–Kier alpha value is -0.0400. The molecule has 0 aromatic rings. The van der Waals surface area contributed by atoms with Gasteiger partial charge in [0.05, 0.1) is 0 Å². The molecule has 0 aromatic heterocycles. The molecule has 0 saturated carbocycles. The molecular weight excluding hydrogens is 158 g/mol. The third-order valence-electron chi connectivity index (χ3n) is 3.31. The molecule has 0 rings (SSSR count). The topological polar surface area (TPSA) is 12.0 Å². The van der Waals surface area contributed by atoms with E-state index in [0.29, 0.717) is 5.41 Å². The summed E-state index contributed by atoms with van der Waals surface area (Å²) in [7, 11) is 2.06. The predicted octanol–water partition coefficient (Wildman–Crippen LogP) is 3.45. The molecule has 1 N–H and O–H groups in total. The summed E-state index contributed by atoms with van der Waals surface area (Å²) in [6.07, 6.45) is 5.31. The van der Waals surface area contributed by atoms with E-state index < -0.39 is 0 Å². The van der Waals surface area contributed by atoms with Crippen molar-refractivity contribution >= 4 is 0 Å². The maximum absolute atomic E-state index is 3.33. The summed E-state index contributed by atoms with van der Waals surface area (Å²) in [4.78, 5) is 0. The van der Waals surface area contributed by atoms with Gasteiger partial charge in [0.1, 0.15) is 0 Å². The lowest BCUT2D eigenvalue weighted by Gasteiger charge is -2.35. The van der Waals surface area contributed by atoms with Gasteiger partial charge in [-0.1, -0.05) is 47.0 Å². The van der Waals surface area contributed by atoms with Crippen molar-refractivity contribution in [1.29, 1.82) is 0 Å². The van der Waals surface area contributed by atoms with Crippen LogP contribution >= 0.6 is 0 Å². The van der Waals surface area contributed by atoms with E-state index in [9.17, 15) is 0 Å². The summed E-state index contributed by atoms with van der Waals surface area (Å²) in [5, 5.41) is 3.33. The second-order valence-corrected chi connectivity index (χ2v) is 4.62. The third kappa shape index (κ3) is 4.12. The van der Waals surface area contributed by atoms with Gasteiger partial charge in [-0.3, -0.25) is 0 Å². The molecular formula is C12H27N. The van der Waals surface area contributed by atoms with E-state index in [1.807, 2.05) is 0 Å². The summed E-state index contributed by atoms with van der Waals surface area (Å²) >= 11 is 0. The Balaban J connectivity index is 4.18. The molecule has 0 radical (unpaired) electrons. The first-order chi connectivity index (χ1) is 6.10. The Kier molecular flexibility index (Phi) is 6.40. The first kappa shape index (κ1) is 13.0. The van der Waals surface area contributed by atoms with Gasteiger partial charge < -0.3 is 5.32 Å². The molecule has 1 nitrogen and oxygen atoms in total. The highest BCUT2D eigenvalue weighted by atomic mass is 14.8. The second kappa shape index (κ2) is 6.42. The molecule has 0 aromatic carbocycles. The lowest BCUT2D eigenvalue weighted by molar-refractivity contribution is 0.168. The lowest BCUT2D eigenvalue weighted by atomic mass is 9.73. The van der Waals surface area contributed by atoms with Gasteiger partial charge in [0, 0.05) is 6.54 Å². The molecule has 0 saturated heterocycles. The monoisotopic (exact) mass is 185 g/mol. The Morgan fingerprint density at radius 1 is 1.23 bits per heavy atom. The quantitative estimate of drug-likeness (QED) is 0.640. The number of rotatable bonds is 7. The summed E-state index contributed by atoms with van der Waals surface area (Å²) < 4.78 is 0. The number of hydrogen-bond donors (Lipinski definition) is 1. The summed E-state index contributed by atoms with van der Waals surface area (Å²) in [6.45, 7) is 10.5. The van der Waals surface area contributed by atoms with Crippen LogP contribution in [0.2, 0.25) is 0 Å². The SMILES string of the molecule is CCCC(C)C(C)(CCC)CNC. The average molecular weight is 185 g/mol. The van der Waals surface area contributed by atoms with Gasteiger partial charge in [0.2, 0.25) is 0 Å².